The Hall–Kier alpha value is -1.59. The molecule has 108 valence electrons. The molecule has 0 amide bonds. The van der Waals surface area contributed by atoms with Crippen LogP contribution in [0.1, 0.15) is 53.4 Å². The number of hydrogen-bond donors (Lipinski definition) is 3. The van der Waals surface area contributed by atoms with E-state index in [9.17, 15) is 9.59 Å². The molecule has 0 saturated heterocycles. The maximum Gasteiger partial charge on any atom is 0.306 e. The molecule has 0 fully saturated rings. The van der Waals surface area contributed by atoms with Crippen LogP contribution in [0.15, 0.2) is 0 Å². The standard InChI is InChI=1S/C6H12O2.C4H8O2.C2H4O2/c1-3-5(4-2)6(7)8;1-2-3-4(5)6;1-2(3)4/h5H,3-4H2,1-2H3,(H,7,8);2-3H2,1H3,(H,5,6);1H3,(H,3,4). The Morgan fingerprint density at radius 3 is 1.28 bits per heavy atom. The van der Waals surface area contributed by atoms with Crippen molar-refractivity contribution in [1.29, 1.82) is 0 Å². The number of carbonyl (C=O) groups is 3. The lowest BCUT2D eigenvalue weighted by Gasteiger charge is -2.02. The summed E-state index contributed by atoms with van der Waals surface area (Å²) < 4.78 is 0. The Bertz CT molecular complexity index is 229. The van der Waals surface area contributed by atoms with Gasteiger partial charge in [-0.05, 0) is 19.3 Å². The molecular formula is C12H24O6. The molecule has 6 heteroatoms. The van der Waals surface area contributed by atoms with Crippen LogP contribution in [0.2, 0.25) is 0 Å². The molecule has 0 atom stereocenters. The maximum atomic E-state index is 10.2. The van der Waals surface area contributed by atoms with Crippen molar-refractivity contribution in [3.63, 3.8) is 0 Å². The minimum atomic E-state index is -0.833. The van der Waals surface area contributed by atoms with Gasteiger partial charge in [0.25, 0.3) is 5.97 Å². The van der Waals surface area contributed by atoms with Crippen molar-refractivity contribution in [3.8, 4) is 0 Å². The largest absolute Gasteiger partial charge is 0.481 e. The van der Waals surface area contributed by atoms with E-state index in [0.717, 1.165) is 26.2 Å². The SMILES string of the molecule is CC(=O)O.CCC(CC)C(=O)O.CCCC(=O)O. The van der Waals surface area contributed by atoms with Crippen LogP contribution >= 0.6 is 0 Å². The third-order valence-electron chi connectivity index (χ3n) is 1.80. The summed E-state index contributed by atoms with van der Waals surface area (Å²) in [5, 5.41) is 23.7. The van der Waals surface area contributed by atoms with Gasteiger partial charge in [-0.2, -0.15) is 0 Å². The number of rotatable bonds is 5. The average Bonchev–Trinajstić information content (AvgIpc) is 2.18. The maximum absolute atomic E-state index is 10.2. The summed E-state index contributed by atoms with van der Waals surface area (Å²) in [5.74, 6) is -2.34. The molecule has 0 bridgehead atoms. The molecule has 0 aromatic rings. The minimum Gasteiger partial charge on any atom is -0.481 e. The van der Waals surface area contributed by atoms with Crippen LogP contribution in [0.25, 0.3) is 0 Å². The second kappa shape index (κ2) is 15.4. The van der Waals surface area contributed by atoms with Crippen LogP contribution in [-0.2, 0) is 14.4 Å². The molecule has 0 radical (unpaired) electrons. The highest BCUT2D eigenvalue weighted by Gasteiger charge is 2.10. The van der Waals surface area contributed by atoms with E-state index in [0.29, 0.717) is 6.42 Å². The zero-order valence-corrected chi connectivity index (χ0v) is 11.5. The van der Waals surface area contributed by atoms with E-state index in [4.69, 9.17) is 20.1 Å². The average molecular weight is 264 g/mol. The summed E-state index contributed by atoms with van der Waals surface area (Å²) in [6, 6.07) is 0. The van der Waals surface area contributed by atoms with Gasteiger partial charge in [-0.3, -0.25) is 14.4 Å². The molecule has 0 heterocycles. The molecule has 18 heavy (non-hydrogen) atoms. The first-order valence-electron chi connectivity index (χ1n) is 5.86. The van der Waals surface area contributed by atoms with E-state index < -0.39 is 17.9 Å². The van der Waals surface area contributed by atoms with Crippen molar-refractivity contribution in [3.05, 3.63) is 0 Å². The first kappa shape index (κ1) is 21.7. The van der Waals surface area contributed by atoms with Gasteiger partial charge in [0, 0.05) is 13.3 Å². The minimum absolute atomic E-state index is 0.130. The molecule has 0 saturated carbocycles. The van der Waals surface area contributed by atoms with Crippen molar-refractivity contribution in [2.45, 2.75) is 53.4 Å². The van der Waals surface area contributed by atoms with Crippen LogP contribution < -0.4 is 0 Å². The number of aliphatic carboxylic acids is 3. The highest BCUT2D eigenvalue weighted by atomic mass is 16.4. The molecule has 0 aliphatic carbocycles. The van der Waals surface area contributed by atoms with E-state index in [2.05, 4.69) is 0 Å². The lowest BCUT2D eigenvalue weighted by Crippen LogP contribution is -2.10. The first-order valence-corrected chi connectivity index (χ1v) is 5.86. The Kier molecular flexibility index (Phi) is 18.6. The zero-order valence-electron chi connectivity index (χ0n) is 11.5. The monoisotopic (exact) mass is 264 g/mol. The Balaban J connectivity index is -0.000000200. The molecular weight excluding hydrogens is 240 g/mol. The van der Waals surface area contributed by atoms with Gasteiger partial charge in [-0.25, -0.2) is 0 Å². The number of carboxylic acid groups (broad SMARTS) is 3. The molecule has 0 spiro atoms. The molecule has 0 unspecified atom stereocenters. The normalized spacial score (nSPS) is 8.50. The molecule has 3 N–H and O–H groups in total. The van der Waals surface area contributed by atoms with Gasteiger partial charge in [0.15, 0.2) is 0 Å². The van der Waals surface area contributed by atoms with Gasteiger partial charge in [0.1, 0.15) is 0 Å². The Labute approximate surface area is 108 Å². The van der Waals surface area contributed by atoms with Crippen LogP contribution in [-0.4, -0.2) is 33.2 Å². The van der Waals surface area contributed by atoms with Crippen LogP contribution in [0, 0.1) is 5.92 Å². The zero-order chi connectivity index (χ0) is 15.1. The van der Waals surface area contributed by atoms with E-state index in [-0.39, 0.29) is 5.92 Å². The van der Waals surface area contributed by atoms with Crippen molar-refractivity contribution < 1.29 is 29.7 Å². The predicted octanol–water partition coefficient (Wildman–Crippen LogP) is 2.47. The summed E-state index contributed by atoms with van der Waals surface area (Å²) in [5.41, 5.74) is 0. The third kappa shape index (κ3) is 29.3. The summed E-state index contributed by atoms with van der Waals surface area (Å²) in [4.78, 5) is 28.8. The first-order chi connectivity index (χ1) is 8.22. The van der Waals surface area contributed by atoms with Gasteiger partial charge in [-0.15, -0.1) is 0 Å². The van der Waals surface area contributed by atoms with E-state index in [1.54, 1.807) is 0 Å². The molecule has 0 aliphatic heterocycles. The Morgan fingerprint density at radius 2 is 1.28 bits per heavy atom. The van der Waals surface area contributed by atoms with Gasteiger partial charge >= 0.3 is 11.9 Å². The summed E-state index contributed by atoms with van der Waals surface area (Å²) >= 11 is 0. The molecule has 0 aromatic heterocycles. The van der Waals surface area contributed by atoms with E-state index >= 15 is 0 Å². The molecule has 0 rings (SSSR count). The van der Waals surface area contributed by atoms with Gasteiger partial charge in [0.2, 0.25) is 0 Å². The highest BCUT2D eigenvalue weighted by Crippen LogP contribution is 2.05. The van der Waals surface area contributed by atoms with Gasteiger partial charge < -0.3 is 15.3 Å². The predicted molar refractivity (Wildman–Crippen MR) is 67.6 cm³/mol. The fourth-order valence-electron chi connectivity index (χ4n) is 0.852. The number of hydrogen-bond acceptors (Lipinski definition) is 3. The summed E-state index contributed by atoms with van der Waals surface area (Å²) in [6.07, 6.45) is 2.51. The van der Waals surface area contributed by atoms with Crippen molar-refractivity contribution in [2.24, 2.45) is 5.92 Å². The summed E-state index contributed by atoms with van der Waals surface area (Å²) in [7, 11) is 0. The lowest BCUT2D eigenvalue weighted by molar-refractivity contribution is -0.142. The van der Waals surface area contributed by atoms with Gasteiger partial charge in [-0.1, -0.05) is 20.8 Å². The fraction of sp³-hybridized carbons (Fsp3) is 0.750. The molecule has 0 aliphatic rings. The van der Waals surface area contributed by atoms with Crippen LogP contribution in [0.3, 0.4) is 0 Å². The second-order valence-electron chi connectivity index (χ2n) is 3.51. The van der Waals surface area contributed by atoms with Crippen LogP contribution in [0.4, 0.5) is 0 Å². The van der Waals surface area contributed by atoms with E-state index in [1.807, 2.05) is 20.8 Å². The highest BCUT2D eigenvalue weighted by molar-refractivity contribution is 5.69. The van der Waals surface area contributed by atoms with Crippen LogP contribution in [0.5, 0.6) is 0 Å². The van der Waals surface area contributed by atoms with Crippen molar-refractivity contribution in [1.82, 2.24) is 0 Å². The lowest BCUT2D eigenvalue weighted by atomic mass is 10.1. The van der Waals surface area contributed by atoms with Crippen molar-refractivity contribution >= 4 is 17.9 Å². The molecule has 6 nitrogen and oxygen atoms in total. The summed E-state index contributed by atoms with van der Waals surface area (Å²) in [6.45, 7) is 6.71. The van der Waals surface area contributed by atoms with Crippen molar-refractivity contribution in [2.75, 3.05) is 0 Å². The third-order valence-corrected chi connectivity index (χ3v) is 1.80. The molecule has 0 aromatic carbocycles. The topological polar surface area (TPSA) is 112 Å². The van der Waals surface area contributed by atoms with Gasteiger partial charge in [0.05, 0.1) is 5.92 Å². The Morgan fingerprint density at radius 1 is 0.944 bits per heavy atom. The number of carboxylic acids is 3. The quantitative estimate of drug-likeness (QED) is 0.703. The fourth-order valence-corrected chi connectivity index (χ4v) is 0.852. The second-order valence-corrected chi connectivity index (χ2v) is 3.51. The smallest absolute Gasteiger partial charge is 0.306 e. The van der Waals surface area contributed by atoms with E-state index in [1.165, 1.54) is 0 Å².